The fourth-order valence-corrected chi connectivity index (χ4v) is 1.85. The molecule has 0 saturated carbocycles. The number of halogens is 1. The molecule has 15 heavy (non-hydrogen) atoms. The SMILES string of the molecule is CCC(C)c1ccc(CNOC)cc1Cl. The van der Waals surface area contributed by atoms with Gasteiger partial charge in [-0.15, -0.1) is 0 Å². The van der Waals surface area contributed by atoms with Crippen molar-refractivity contribution in [3.8, 4) is 0 Å². The van der Waals surface area contributed by atoms with Crippen LogP contribution in [0, 0.1) is 0 Å². The highest BCUT2D eigenvalue weighted by Gasteiger charge is 2.07. The van der Waals surface area contributed by atoms with Gasteiger partial charge in [-0.25, -0.2) is 0 Å². The highest BCUT2D eigenvalue weighted by molar-refractivity contribution is 6.31. The topological polar surface area (TPSA) is 21.3 Å². The van der Waals surface area contributed by atoms with Crippen molar-refractivity contribution in [3.05, 3.63) is 34.3 Å². The number of nitrogens with one attached hydrogen (secondary N) is 1. The molecule has 0 spiro atoms. The number of benzene rings is 1. The quantitative estimate of drug-likeness (QED) is 0.778. The van der Waals surface area contributed by atoms with E-state index < -0.39 is 0 Å². The Morgan fingerprint density at radius 2 is 2.20 bits per heavy atom. The normalized spacial score (nSPS) is 12.8. The number of rotatable bonds is 5. The standard InChI is InChI=1S/C12H18ClNO/c1-4-9(2)11-6-5-10(7-12(11)13)8-14-15-3/h5-7,9,14H,4,8H2,1-3H3. The van der Waals surface area contributed by atoms with Crippen LogP contribution in [0.1, 0.15) is 37.3 Å². The van der Waals surface area contributed by atoms with Crippen LogP contribution in [0.25, 0.3) is 0 Å². The average Bonchev–Trinajstić information content (AvgIpc) is 2.25. The molecule has 0 saturated heterocycles. The molecule has 2 nitrogen and oxygen atoms in total. The fourth-order valence-electron chi connectivity index (χ4n) is 1.46. The van der Waals surface area contributed by atoms with Crippen LogP contribution in [0.4, 0.5) is 0 Å². The molecule has 1 atom stereocenters. The van der Waals surface area contributed by atoms with Crippen LogP contribution in [-0.4, -0.2) is 7.11 Å². The Balaban J connectivity index is 2.78. The molecule has 0 heterocycles. The largest absolute Gasteiger partial charge is 0.305 e. The summed E-state index contributed by atoms with van der Waals surface area (Å²) in [6.45, 7) is 5.03. The first-order chi connectivity index (χ1) is 7.19. The van der Waals surface area contributed by atoms with Crippen molar-refractivity contribution in [2.75, 3.05) is 7.11 Å². The maximum Gasteiger partial charge on any atom is 0.0572 e. The predicted octanol–water partition coefficient (Wildman–Crippen LogP) is 3.50. The summed E-state index contributed by atoms with van der Waals surface area (Å²) in [4.78, 5) is 4.79. The van der Waals surface area contributed by atoms with E-state index in [1.54, 1.807) is 7.11 Å². The van der Waals surface area contributed by atoms with E-state index in [1.807, 2.05) is 6.07 Å². The minimum atomic E-state index is 0.516. The maximum absolute atomic E-state index is 6.21. The summed E-state index contributed by atoms with van der Waals surface area (Å²) in [5.74, 6) is 0.516. The van der Waals surface area contributed by atoms with E-state index in [0.717, 1.165) is 17.0 Å². The smallest absolute Gasteiger partial charge is 0.0572 e. The van der Waals surface area contributed by atoms with Gasteiger partial charge in [-0.2, -0.15) is 5.48 Å². The third-order valence-corrected chi connectivity index (χ3v) is 2.96. The lowest BCUT2D eigenvalue weighted by molar-refractivity contribution is 0.0867. The first kappa shape index (κ1) is 12.5. The van der Waals surface area contributed by atoms with Crippen LogP contribution in [-0.2, 0) is 11.4 Å². The first-order valence-corrected chi connectivity index (χ1v) is 5.61. The highest BCUT2D eigenvalue weighted by Crippen LogP contribution is 2.27. The minimum absolute atomic E-state index is 0.516. The summed E-state index contributed by atoms with van der Waals surface area (Å²) in [7, 11) is 1.61. The van der Waals surface area contributed by atoms with Crippen molar-refractivity contribution < 1.29 is 4.84 Å². The van der Waals surface area contributed by atoms with Gasteiger partial charge >= 0.3 is 0 Å². The van der Waals surface area contributed by atoms with Crippen LogP contribution in [0.3, 0.4) is 0 Å². The Morgan fingerprint density at radius 1 is 1.47 bits per heavy atom. The second kappa shape index (κ2) is 6.11. The first-order valence-electron chi connectivity index (χ1n) is 5.23. The van der Waals surface area contributed by atoms with Crippen molar-refractivity contribution in [1.29, 1.82) is 0 Å². The molecule has 1 N–H and O–H groups in total. The monoisotopic (exact) mass is 227 g/mol. The molecule has 0 aliphatic rings. The summed E-state index contributed by atoms with van der Waals surface area (Å²) in [6, 6.07) is 6.18. The molecule has 0 radical (unpaired) electrons. The average molecular weight is 228 g/mol. The zero-order chi connectivity index (χ0) is 11.3. The Hall–Kier alpha value is -0.570. The van der Waals surface area contributed by atoms with Crippen molar-refractivity contribution in [1.82, 2.24) is 5.48 Å². The van der Waals surface area contributed by atoms with Crippen LogP contribution in [0.2, 0.25) is 5.02 Å². The predicted molar refractivity (Wildman–Crippen MR) is 64.0 cm³/mol. The van der Waals surface area contributed by atoms with Crippen molar-refractivity contribution >= 4 is 11.6 Å². The van der Waals surface area contributed by atoms with Crippen molar-refractivity contribution in [2.45, 2.75) is 32.7 Å². The van der Waals surface area contributed by atoms with Crippen LogP contribution in [0.5, 0.6) is 0 Å². The molecule has 1 aromatic carbocycles. The Morgan fingerprint density at radius 3 is 2.73 bits per heavy atom. The molecule has 0 bridgehead atoms. The summed E-state index contributed by atoms with van der Waals surface area (Å²) in [6.07, 6.45) is 1.11. The molecule has 84 valence electrons. The Kier molecular flexibility index (Phi) is 5.09. The second-order valence-electron chi connectivity index (χ2n) is 3.69. The molecule has 1 unspecified atom stereocenters. The zero-order valence-corrected chi connectivity index (χ0v) is 10.3. The van der Waals surface area contributed by atoms with Gasteiger partial charge < -0.3 is 4.84 Å². The fraction of sp³-hybridized carbons (Fsp3) is 0.500. The van der Waals surface area contributed by atoms with Gasteiger partial charge in [0.25, 0.3) is 0 Å². The van der Waals surface area contributed by atoms with Gasteiger partial charge in [0, 0.05) is 11.6 Å². The Labute approximate surface area is 96.5 Å². The van der Waals surface area contributed by atoms with Gasteiger partial charge in [0.15, 0.2) is 0 Å². The summed E-state index contributed by atoms with van der Waals surface area (Å²) in [5.41, 5.74) is 5.15. The minimum Gasteiger partial charge on any atom is -0.305 e. The van der Waals surface area contributed by atoms with Gasteiger partial charge in [0.05, 0.1) is 7.11 Å². The van der Waals surface area contributed by atoms with Gasteiger partial charge in [0.2, 0.25) is 0 Å². The van der Waals surface area contributed by atoms with Gasteiger partial charge in [-0.05, 0) is 29.5 Å². The molecule has 0 fully saturated rings. The molecule has 0 amide bonds. The lowest BCUT2D eigenvalue weighted by Gasteiger charge is -2.12. The molecule has 0 aliphatic heterocycles. The van der Waals surface area contributed by atoms with E-state index in [2.05, 4.69) is 31.5 Å². The molecular weight excluding hydrogens is 210 g/mol. The number of hydrogen-bond acceptors (Lipinski definition) is 2. The molecule has 0 aliphatic carbocycles. The molecule has 3 heteroatoms. The summed E-state index contributed by atoms with van der Waals surface area (Å²) >= 11 is 6.21. The van der Waals surface area contributed by atoms with Gasteiger partial charge in [0.1, 0.15) is 0 Å². The zero-order valence-electron chi connectivity index (χ0n) is 9.51. The third kappa shape index (κ3) is 3.49. The van der Waals surface area contributed by atoms with E-state index in [4.69, 9.17) is 16.4 Å². The second-order valence-corrected chi connectivity index (χ2v) is 4.10. The summed E-state index contributed by atoms with van der Waals surface area (Å²) < 4.78 is 0. The summed E-state index contributed by atoms with van der Waals surface area (Å²) in [5, 5.41) is 0.847. The van der Waals surface area contributed by atoms with Gasteiger partial charge in [-0.1, -0.05) is 37.6 Å². The van der Waals surface area contributed by atoms with E-state index >= 15 is 0 Å². The number of hydrogen-bond donors (Lipinski definition) is 1. The Bertz CT molecular complexity index is 314. The lowest BCUT2D eigenvalue weighted by Crippen LogP contribution is -2.10. The van der Waals surface area contributed by atoms with Crippen LogP contribution in [0.15, 0.2) is 18.2 Å². The van der Waals surface area contributed by atoms with E-state index in [0.29, 0.717) is 12.5 Å². The highest BCUT2D eigenvalue weighted by atomic mass is 35.5. The molecule has 0 aromatic heterocycles. The number of hydroxylamine groups is 1. The molecule has 1 rings (SSSR count). The van der Waals surface area contributed by atoms with Gasteiger partial charge in [-0.3, -0.25) is 0 Å². The molecular formula is C12H18ClNO. The lowest BCUT2D eigenvalue weighted by atomic mass is 9.97. The molecule has 1 aromatic rings. The maximum atomic E-state index is 6.21. The van der Waals surface area contributed by atoms with Crippen molar-refractivity contribution in [2.24, 2.45) is 0 Å². The van der Waals surface area contributed by atoms with Crippen molar-refractivity contribution in [3.63, 3.8) is 0 Å². The van der Waals surface area contributed by atoms with E-state index in [1.165, 1.54) is 5.56 Å². The van der Waals surface area contributed by atoms with Crippen LogP contribution >= 0.6 is 11.6 Å². The third-order valence-electron chi connectivity index (χ3n) is 2.63. The van der Waals surface area contributed by atoms with E-state index in [-0.39, 0.29) is 0 Å². The van der Waals surface area contributed by atoms with E-state index in [9.17, 15) is 0 Å². The van der Waals surface area contributed by atoms with Crippen LogP contribution < -0.4 is 5.48 Å².